The van der Waals surface area contributed by atoms with Crippen LogP contribution in [0.1, 0.15) is 76.7 Å². The van der Waals surface area contributed by atoms with E-state index in [1.807, 2.05) is 30.3 Å². The van der Waals surface area contributed by atoms with Crippen LogP contribution in [0.2, 0.25) is 0 Å². The van der Waals surface area contributed by atoms with Crippen molar-refractivity contribution in [2.75, 3.05) is 0 Å². The van der Waals surface area contributed by atoms with E-state index in [1.54, 1.807) is 0 Å². The van der Waals surface area contributed by atoms with E-state index in [0.29, 0.717) is 12.8 Å². The van der Waals surface area contributed by atoms with Gasteiger partial charge in [0.25, 0.3) is 0 Å². The van der Waals surface area contributed by atoms with Gasteiger partial charge in [-0.2, -0.15) is 0 Å². The zero-order valence-electron chi connectivity index (χ0n) is 19.0. The van der Waals surface area contributed by atoms with Crippen LogP contribution in [0.3, 0.4) is 0 Å². The van der Waals surface area contributed by atoms with Crippen molar-refractivity contribution in [1.82, 2.24) is 5.32 Å². The highest BCUT2D eigenvalue weighted by molar-refractivity contribution is 5.83. The van der Waals surface area contributed by atoms with Crippen LogP contribution in [0.15, 0.2) is 66.8 Å². The van der Waals surface area contributed by atoms with E-state index in [9.17, 15) is 14.7 Å². The molecule has 1 aromatic rings. The molecule has 0 aliphatic rings. The Balaban J connectivity index is 2.06. The van der Waals surface area contributed by atoms with Crippen molar-refractivity contribution in [3.8, 4) is 0 Å². The van der Waals surface area contributed by atoms with Crippen molar-refractivity contribution in [1.29, 1.82) is 0 Å². The Morgan fingerprint density at radius 2 is 1.48 bits per heavy atom. The zero-order chi connectivity index (χ0) is 22.6. The van der Waals surface area contributed by atoms with Crippen molar-refractivity contribution in [3.05, 3.63) is 72.4 Å². The van der Waals surface area contributed by atoms with Crippen LogP contribution >= 0.6 is 0 Å². The summed E-state index contributed by atoms with van der Waals surface area (Å²) in [4.78, 5) is 23.5. The first-order valence-corrected chi connectivity index (χ1v) is 11.6. The molecule has 0 aromatic heterocycles. The van der Waals surface area contributed by atoms with Gasteiger partial charge in [-0.15, -0.1) is 0 Å². The molecule has 31 heavy (non-hydrogen) atoms. The third kappa shape index (κ3) is 14.9. The lowest BCUT2D eigenvalue weighted by molar-refractivity contribution is -0.141. The number of rotatable bonds is 17. The molecule has 0 fully saturated rings. The third-order valence-electron chi connectivity index (χ3n) is 4.94. The fourth-order valence-corrected chi connectivity index (χ4v) is 3.16. The Morgan fingerprint density at radius 1 is 0.871 bits per heavy atom. The molecule has 0 unspecified atom stereocenters. The topological polar surface area (TPSA) is 66.4 Å². The number of aliphatic carboxylic acids is 1. The SMILES string of the molecule is CCC/C=C\C/C=C\C/C=C\CCCCCCC(=O)N[C@@H](Cc1ccccc1)C(=O)O. The predicted molar refractivity (Wildman–Crippen MR) is 129 cm³/mol. The number of nitrogens with one attached hydrogen (secondary N) is 1. The standard InChI is InChI=1S/C27H39NO3/c1-2-3-4-5-6-7-8-9-10-11-12-13-14-15-19-22-26(29)28-25(27(30)31)23-24-20-17-16-18-21-24/h4-5,7-8,10-11,16-18,20-21,25H,2-3,6,9,12-15,19,22-23H2,1H3,(H,28,29)(H,30,31)/b5-4-,8-7-,11-10-/t25-/m0/s1. The van der Waals surface area contributed by atoms with E-state index in [2.05, 4.69) is 48.7 Å². The number of carbonyl (C=O) groups is 2. The number of unbranched alkanes of at least 4 members (excludes halogenated alkanes) is 5. The number of carboxylic acid groups (broad SMARTS) is 1. The maximum Gasteiger partial charge on any atom is 0.326 e. The summed E-state index contributed by atoms with van der Waals surface area (Å²) in [6.07, 6.45) is 23.4. The lowest BCUT2D eigenvalue weighted by atomic mass is 10.1. The van der Waals surface area contributed by atoms with E-state index < -0.39 is 12.0 Å². The fourth-order valence-electron chi connectivity index (χ4n) is 3.16. The summed E-state index contributed by atoms with van der Waals surface area (Å²) in [5.41, 5.74) is 0.905. The van der Waals surface area contributed by atoms with Gasteiger partial charge in [-0.25, -0.2) is 4.79 Å². The fraction of sp³-hybridized carbons (Fsp3) is 0.481. The Labute approximate surface area is 188 Å². The molecule has 2 N–H and O–H groups in total. The van der Waals surface area contributed by atoms with Gasteiger partial charge < -0.3 is 10.4 Å². The molecular weight excluding hydrogens is 386 g/mol. The molecule has 0 saturated heterocycles. The molecule has 170 valence electrons. The highest BCUT2D eigenvalue weighted by atomic mass is 16.4. The average molecular weight is 426 g/mol. The van der Waals surface area contributed by atoms with Gasteiger partial charge in [-0.3, -0.25) is 4.79 Å². The van der Waals surface area contributed by atoms with Crippen LogP contribution in [0.4, 0.5) is 0 Å². The van der Waals surface area contributed by atoms with Crippen LogP contribution in [-0.4, -0.2) is 23.0 Å². The molecule has 1 amide bonds. The van der Waals surface area contributed by atoms with Gasteiger partial charge in [0.15, 0.2) is 0 Å². The summed E-state index contributed by atoms with van der Waals surface area (Å²) < 4.78 is 0. The Kier molecular flexibility index (Phi) is 15.5. The molecular formula is C27H39NO3. The van der Waals surface area contributed by atoms with Gasteiger partial charge in [0.2, 0.25) is 5.91 Å². The van der Waals surface area contributed by atoms with Crippen molar-refractivity contribution in [3.63, 3.8) is 0 Å². The molecule has 0 heterocycles. The summed E-state index contributed by atoms with van der Waals surface area (Å²) >= 11 is 0. The van der Waals surface area contributed by atoms with Crippen molar-refractivity contribution < 1.29 is 14.7 Å². The molecule has 0 spiro atoms. The van der Waals surface area contributed by atoms with Gasteiger partial charge in [0, 0.05) is 12.8 Å². The van der Waals surface area contributed by atoms with Crippen LogP contribution in [0.25, 0.3) is 0 Å². The zero-order valence-corrected chi connectivity index (χ0v) is 19.0. The van der Waals surface area contributed by atoms with Gasteiger partial charge >= 0.3 is 5.97 Å². The number of hydrogen-bond acceptors (Lipinski definition) is 2. The van der Waals surface area contributed by atoms with Crippen LogP contribution in [0.5, 0.6) is 0 Å². The summed E-state index contributed by atoms with van der Waals surface area (Å²) in [6.45, 7) is 2.19. The summed E-state index contributed by atoms with van der Waals surface area (Å²) in [6, 6.07) is 8.50. The maximum absolute atomic E-state index is 12.1. The summed E-state index contributed by atoms with van der Waals surface area (Å²) in [5.74, 6) is -1.17. The minimum atomic E-state index is -0.994. The average Bonchev–Trinajstić information content (AvgIpc) is 2.76. The van der Waals surface area contributed by atoms with E-state index in [1.165, 1.54) is 6.42 Å². The van der Waals surface area contributed by atoms with E-state index in [4.69, 9.17) is 0 Å². The van der Waals surface area contributed by atoms with Crippen LogP contribution in [-0.2, 0) is 16.0 Å². The summed E-state index contributed by atoms with van der Waals surface area (Å²) in [7, 11) is 0. The quantitative estimate of drug-likeness (QED) is 0.224. The van der Waals surface area contributed by atoms with Gasteiger partial charge in [0.05, 0.1) is 0 Å². The predicted octanol–water partition coefficient (Wildman–Crippen LogP) is 6.39. The molecule has 0 aliphatic heterocycles. The molecule has 1 rings (SSSR count). The Hall–Kier alpha value is -2.62. The van der Waals surface area contributed by atoms with E-state index >= 15 is 0 Å². The molecule has 0 bridgehead atoms. The third-order valence-corrected chi connectivity index (χ3v) is 4.94. The first-order valence-electron chi connectivity index (χ1n) is 11.6. The van der Waals surface area contributed by atoms with Gasteiger partial charge in [0.1, 0.15) is 6.04 Å². The highest BCUT2D eigenvalue weighted by Crippen LogP contribution is 2.08. The first kappa shape index (κ1) is 26.4. The molecule has 4 nitrogen and oxygen atoms in total. The number of hydrogen-bond donors (Lipinski definition) is 2. The maximum atomic E-state index is 12.1. The second kappa shape index (κ2) is 18.2. The number of amides is 1. The van der Waals surface area contributed by atoms with Gasteiger partial charge in [-0.1, -0.05) is 93.0 Å². The monoisotopic (exact) mass is 425 g/mol. The van der Waals surface area contributed by atoms with Crippen molar-refractivity contribution >= 4 is 11.9 Å². The lowest BCUT2D eigenvalue weighted by Gasteiger charge is -2.14. The molecule has 1 aromatic carbocycles. The minimum absolute atomic E-state index is 0.181. The number of carbonyl (C=O) groups excluding carboxylic acids is 1. The largest absolute Gasteiger partial charge is 0.480 e. The van der Waals surface area contributed by atoms with Crippen molar-refractivity contribution in [2.24, 2.45) is 0 Å². The number of benzene rings is 1. The molecule has 1 atom stereocenters. The summed E-state index contributed by atoms with van der Waals surface area (Å²) in [5, 5.41) is 12.0. The number of allylic oxidation sites excluding steroid dienone is 6. The molecule has 0 saturated carbocycles. The minimum Gasteiger partial charge on any atom is -0.480 e. The van der Waals surface area contributed by atoms with Gasteiger partial charge in [-0.05, 0) is 44.1 Å². The molecule has 4 heteroatoms. The van der Waals surface area contributed by atoms with E-state index in [0.717, 1.165) is 56.9 Å². The van der Waals surface area contributed by atoms with E-state index in [-0.39, 0.29) is 5.91 Å². The number of carboxylic acids is 1. The molecule has 0 aliphatic carbocycles. The highest BCUT2D eigenvalue weighted by Gasteiger charge is 2.19. The first-order chi connectivity index (χ1) is 15.1. The second-order valence-corrected chi connectivity index (χ2v) is 7.78. The van der Waals surface area contributed by atoms with Crippen LogP contribution in [0, 0.1) is 0 Å². The van der Waals surface area contributed by atoms with Crippen LogP contribution < -0.4 is 5.32 Å². The lowest BCUT2D eigenvalue weighted by Crippen LogP contribution is -2.42. The Morgan fingerprint density at radius 3 is 2.13 bits per heavy atom. The Bertz CT molecular complexity index is 692. The molecule has 0 radical (unpaired) electrons. The normalized spacial score (nSPS) is 12.7. The smallest absolute Gasteiger partial charge is 0.326 e. The van der Waals surface area contributed by atoms with Crippen molar-refractivity contribution in [2.45, 2.75) is 83.6 Å². The second-order valence-electron chi connectivity index (χ2n) is 7.78.